The number of carbonyl (C=O) groups is 2. The molecular weight excluding hydrogens is 456 g/mol. The van der Waals surface area contributed by atoms with Gasteiger partial charge in [0.05, 0.1) is 39.3 Å². The zero-order chi connectivity index (χ0) is 26.4. The largest absolute Gasteiger partial charge is 0.466 e. The smallest absolute Gasteiger partial charge is 0.308 e. The number of esters is 2. The van der Waals surface area contributed by atoms with E-state index in [1.165, 1.54) is 103 Å². The summed E-state index contributed by atoms with van der Waals surface area (Å²) in [5, 5.41) is 17.3. The van der Waals surface area contributed by atoms with Gasteiger partial charge in [-0.05, 0) is 38.5 Å². The van der Waals surface area contributed by atoms with Crippen molar-refractivity contribution in [3.8, 4) is 0 Å². The lowest BCUT2D eigenvalue weighted by atomic mass is 10.0. The molecule has 0 aromatic heterocycles. The minimum atomic E-state index is -0.297. The summed E-state index contributed by atoms with van der Waals surface area (Å²) in [6, 6.07) is 0. The third-order valence-corrected chi connectivity index (χ3v) is 6.35. The minimum absolute atomic E-state index is 0.105. The highest BCUT2D eigenvalue weighted by atomic mass is 16.5. The summed E-state index contributed by atoms with van der Waals surface area (Å²) in [6.07, 6.45) is 29.7. The van der Waals surface area contributed by atoms with E-state index < -0.39 is 0 Å². The van der Waals surface area contributed by atoms with Crippen LogP contribution in [0.5, 0.6) is 0 Å². The van der Waals surface area contributed by atoms with Crippen molar-refractivity contribution in [1.29, 1.82) is 0 Å². The Balaban J connectivity index is 3.15. The lowest BCUT2D eigenvalue weighted by Gasteiger charge is -2.04. The predicted octanol–water partition coefficient (Wildman–Crippen LogP) is 7.20. The highest BCUT2D eigenvalue weighted by molar-refractivity contribution is 5.69. The van der Waals surface area contributed by atoms with Crippen LogP contribution in [0, 0.1) is 0 Å². The number of rotatable bonds is 28. The molecule has 0 rings (SSSR count). The molecule has 0 saturated heterocycles. The van der Waals surface area contributed by atoms with Gasteiger partial charge >= 0.3 is 11.9 Å². The van der Waals surface area contributed by atoms with Crippen LogP contribution in [-0.4, -0.2) is 48.6 Å². The van der Waals surface area contributed by atoms with Crippen LogP contribution in [0.2, 0.25) is 0 Å². The number of hydrogen-bond donors (Lipinski definition) is 2. The van der Waals surface area contributed by atoms with E-state index in [4.69, 9.17) is 19.7 Å². The number of allylic oxidation sites excluding steroid dienone is 2. The molecule has 0 fully saturated rings. The van der Waals surface area contributed by atoms with Gasteiger partial charge in [0.15, 0.2) is 0 Å². The monoisotopic (exact) mass is 512 g/mol. The van der Waals surface area contributed by atoms with E-state index in [9.17, 15) is 9.59 Å². The minimum Gasteiger partial charge on any atom is -0.466 e. The normalized spacial score (nSPS) is 11.3. The van der Waals surface area contributed by atoms with E-state index in [-0.39, 0.29) is 38.0 Å². The van der Waals surface area contributed by atoms with Crippen molar-refractivity contribution >= 4 is 11.9 Å². The molecule has 0 spiro atoms. The Morgan fingerprint density at radius 2 is 0.722 bits per heavy atom. The maximum atomic E-state index is 11.1. The summed E-state index contributed by atoms with van der Waals surface area (Å²) in [6.45, 7) is 0.720. The van der Waals surface area contributed by atoms with Gasteiger partial charge in [0, 0.05) is 0 Å². The molecule has 36 heavy (non-hydrogen) atoms. The maximum absolute atomic E-state index is 11.1. The molecule has 0 saturated carbocycles. The van der Waals surface area contributed by atoms with Crippen LogP contribution in [0.4, 0.5) is 0 Å². The zero-order valence-corrected chi connectivity index (χ0v) is 23.1. The molecule has 6 heteroatoms. The van der Waals surface area contributed by atoms with Crippen molar-refractivity contribution in [2.24, 2.45) is 0 Å². The maximum Gasteiger partial charge on any atom is 0.308 e. The molecule has 0 bridgehead atoms. The average molecular weight is 513 g/mol. The molecule has 0 aliphatic rings. The average Bonchev–Trinajstić information content (AvgIpc) is 2.86. The molecule has 212 valence electrons. The molecule has 0 aliphatic heterocycles. The van der Waals surface area contributed by atoms with Crippen LogP contribution in [0.15, 0.2) is 12.2 Å². The summed E-state index contributed by atoms with van der Waals surface area (Å²) in [7, 11) is 0. The van der Waals surface area contributed by atoms with Crippen molar-refractivity contribution in [2.45, 2.75) is 141 Å². The highest BCUT2D eigenvalue weighted by Crippen LogP contribution is 2.13. The van der Waals surface area contributed by atoms with Crippen molar-refractivity contribution < 1.29 is 29.3 Å². The van der Waals surface area contributed by atoms with E-state index in [1.54, 1.807) is 0 Å². The first-order valence-corrected chi connectivity index (χ1v) is 14.9. The first kappa shape index (κ1) is 34.6. The summed E-state index contributed by atoms with van der Waals surface area (Å²) >= 11 is 0. The van der Waals surface area contributed by atoms with E-state index in [0.717, 1.165) is 25.7 Å². The summed E-state index contributed by atoms with van der Waals surface area (Å²) in [5.41, 5.74) is 0. The molecule has 0 radical (unpaired) electrons. The van der Waals surface area contributed by atoms with E-state index >= 15 is 0 Å². The quantitative estimate of drug-likeness (QED) is 0.0654. The number of aliphatic hydroxyl groups is 2. The van der Waals surface area contributed by atoms with Gasteiger partial charge in [-0.15, -0.1) is 0 Å². The van der Waals surface area contributed by atoms with Gasteiger partial charge in [-0.2, -0.15) is 0 Å². The Hall–Kier alpha value is -1.40. The number of ether oxygens (including phenoxy) is 2. The fourth-order valence-electron chi connectivity index (χ4n) is 4.14. The van der Waals surface area contributed by atoms with E-state index in [2.05, 4.69) is 12.2 Å². The third kappa shape index (κ3) is 28.8. The summed E-state index contributed by atoms with van der Waals surface area (Å²) < 4.78 is 10.0. The van der Waals surface area contributed by atoms with Gasteiger partial charge in [0.2, 0.25) is 0 Å². The molecular formula is C30H56O6. The molecule has 0 aliphatic carbocycles. The van der Waals surface area contributed by atoms with Crippen molar-refractivity contribution in [3.63, 3.8) is 0 Å². The van der Waals surface area contributed by atoms with Gasteiger partial charge in [-0.25, -0.2) is 0 Å². The van der Waals surface area contributed by atoms with Crippen molar-refractivity contribution in [3.05, 3.63) is 12.2 Å². The predicted molar refractivity (Wildman–Crippen MR) is 147 cm³/mol. The SMILES string of the molecule is O=C(CCO)OCCCCCCCC/C=C\CCCCCCCCCCCCCCOC(=O)CCO. The van der Waals surface area contributed by atoms with Crippen LogP contribution < -0.4 is 0 Å². The highest BCUT2D eigenvalue weighted by Gasteiger charge is 2.01. The van der Waals surface area contributed by atoms with Gasteiger partial charge in [-0.1, -0.05) is 102 Å². The Morgan fingerprint density at radius 1 is 0.444 bits per heavy atom. The second kappa shape index (κ2) is 29.8. The molecule has 0 atom stereocenters. The number of hydrogen-bond acceptors (Lipinski definition) is 6. The van der Waals surface area contributed by atoms with E-state index in [1.807, 2.05) is 0 Å². The van der Waals surface area contributed by atoms with Crippen LogP contribution in [0.25, 0.3) is 0 Å². The van der Waals surface area contributed by atoms with Gasteiger partial charge < -0.3 is 19.7 Å². The number of aliphatic hydroxyl groups excluding tert-OH is 2. The first-order chi connectivity index (χ1) is 17.7. The Labute approximate surface area is 221 Å². The summed E-state index contributed by atoms with van der Waals surface area (Å²) in [4.78, 5) is 22.2. The second-order valence-electron chi connectivity index (χ2n) is 9.80. The topological polar surface area (TPSA) is 93.1 Å². The third-order valence-electron chi connectivity index (χ3n) is 6.35. The standard InChI is InChI=1S/C30H56O6/c31-25-23-29(33)35-27-21-19-17-15-13-11-9-7-5-3-1-2-4-6-8-10-12-14-16-18-20-22-28-36-30(34)24-26-32/h5,7,31-32H,1-4,6,8-28H2/b7-5-. The molecule has 0 amide bonds. The molecule has 0 heterocycles. The van der Waals surface area contributed by atoms with Crippen molar-refractivity contribution in [2.75, 3.05) is 26.4 Å². The molecule has 0 aromatic rings. The first-order valence-electron chi connectivity index (χ1n) is 14.9. The van der Waals surface area contributed by atoms with Gasteiger partial charge in [0.25, 0.3) is 0 Å². The number of unbranched alkanes of at least 4 members (excludes halogenated alkanes) is 18. The Morgan fingerprint density at radius 3 is 1.03 bits per heavy atom. The fourth-order valence-corrected chi connectivity index (χ4v) is 4.14. The summed E-state index contributed by atoms with van der Waals surface area (Å²) in [5.74, 6) is -0.589. The van der Waals surface area contributed by atoms with Crippen LogP contribution in [-0.2, 0) is 19.1 Å². The molecule has 0 aromatic carbocycles. The van der Waals surface area contributed by atoms with Crippen LogP contribution >= 0.6 is 0 Å². The van der Waals surface area contributed by atoms with Crippen LogP contribution in [0.3, 0.4) is 0 Å². The Kier molecular flexibility index (Phi) is 28.7. The zero-order valence-electron chi connectivity index (χ0n) is 23.1. The lowest BCUT2D eigenvalue weighted by Crippen LogP contribution is -2.07. The lowest BCUT2D eigenvalue weighted by molar-refractivity contribution is -0.145. The second-order valence-corrected chi connectivity index (χ2v) is 9.80. The molecule has 6 nitrogen and oxygen atoms in total. The van der Waals surface area contributed by atoms with Crippen LogP contribution in [0.1, 0.15) is 141 Å². The van der Waals surface area contributed by atoms with Gasteiger partial charge in [0.1, 0.15) is 0 Å². The van der Waals surface area contributed by atoms with Gasteiger partial charge in [-0.3, -0.25) is 9.59 Å². The molecule has 0 unspecified atom stereocenters. The molecule has 2 N–H and O–H groups in total. The number of carbonyl (C=O) groups excluding carboxylic acids is 2. The fraction of sp³-hybridized carbons (Fsp3) is 0.867. The Bertz CT molecular complexity index is 506. The van der Waals surface area contributed by atoms with Crippen molar-refractivity contribution in [1.82, 2.24) is 0 Å². The van der Waals surface area contributed by atoms with E-state index in [0.29, 0.717) is 13.2 Å².